The normalized spacial score (nSPS) is 15.8. The number of methoxy groups -OCH3 is 1. The molecule has 1 atom stereocenters. The molecule has 0 aliphatic carbocycles. The number of rotatable bonds is 11. The van der Waals surface area contributed by atoms with Gasteiger partial charge in [-0.15, -0.1) is 0 Å². The molecular formula is C21H30N2O6. The van der Waals surface area contributed by atoms with Crippen LogP contribution < -0.4 is 15.2 Å². The molecule has 29 heavy (non-hydrogen) atoms. The minimum absolute atomic E-state index is 0.154. The Bertz CT molecular complexity index is 721. The summed E-state index contributed by atoms with van der Waals surface area (Å²) in [4.78, 5) is 36.2. The lowest BCUT2D eigenvalue weighted by molar-refractivity contribution is -0.142. The number of amides is 1. The number of nitrogens with two attached hydrogens (primary N) is 1. The average molecular weight is 406 g/mol. The van der Waals surface area contributed by atoms with Gasteiger partial charge in [-0.05, 0) is 38.2 Å². The predicted molar refractivity (Wildman–Crippen MR) is 108 cm³/mol. The van der Waals surface area contributed by atoms with Gasteiger partial charge in [-0.2, -0.15) is 0 Å². The predicted octanol–water partition coefficient (Wildman–Crippen LogP) is 2.58. The molecule has 0 radical (unpaired) electrons. The Morgan fingerprint density at radius 3 is 2.72 bits per heavy atom. The molecule has 1 aliphatic rings. The van der Waals surface area contributed by atoms with E-state index in [1.165, 1.54) is 14.0 Å². The Morgan fingerprint density at radius 1 is 1.24 bits per heavy atom. The Hall–Kier alpha value is -2.77. The summed E-state index contributed by atoms with van der Waals surface area (Å²) in [7, 11) is 1.51. The number of hydrogen-bond donors (Lipinski definition) is 1. The van der Waals surface area contributed by atoms with Crippen LogP contribution in [-0.4, -0.2) is 56.0 Å². The van der Waals surface area contributed by atoms with Gasteiger partial charge < -0.3 is 29.6 Å². The summed E-state index contributed by atoms with van der Waals surface area (Å²) in [5, 5.41) is 0. The number of ether oxygens (including phenoxy) is 3. The molecule has 2 rings (SSSR count). The van der Waals surface area contributed by atoms with Crippen molar-refractivity contribution in [2.75, 3.05) is 32.6 Å². The molecule has 1 aromatic carbocycles. The number of anilines is 1. The molecule has 1 amide bonds. The van der Waals surface area contributed by atoms with Crippen LogP contribution in [0.3, 0.4) is 0 Å². The fourth-order valence-corrected chi connectivity index (χ4v) is 3.37. The fraction of sp³-hybridized carbons (Fsp3) is 0.571. The van der Waals surface area contributed by atoms with Gasteiger partial charge in [0, 0.05) is 31.6 Å². The molecule has 2 N–H and O–H groups in total. The number of nitrogen functional groups attached to an aromatic ring is 1. The average Bonchev–Trinajstić information content (AvgIpc) is 3.17. The second-order valence-corrected chi connectivity index (χ2v) is 7.05. The molecule has 1 fully saturated rings. The molecule has 1 heterocycles. The van der Waals surface area contributed by atoms with Crippen LogP contribution >= 0.6 is 0 Å². The number of likely N-dealkylation sites (tertiary alicyclic amines) is 1. The van der Waals surface area contributed by atoms with Crippen molar-refractivity contribution in [1.29, 1.82) is 0 Å². The van der Waals surface area contributed by atoms with Crippen molar-refractivity contribution in [2.24, 2.45) is 0 Å². The van der Waals surface area contributed by atoms with Crippen LogP contribution in [0.15, 0.2) is 12.1 Å². The van der Waals surface area contributed by atoms with E-state index in [-0.39, 0.29) is 24.5 Å². The maximum atomic E-state index is 13.0. The zero-order chi connectivity index (χ0) is 21.2. The second kappa shape index (κ2) is 11.3. The van der Waals surface area contributed by atoms with E-state index in [1.807, 2.05) is 0 Å². The first-order valence-electron chi connectivity index (χ1n) is 9.96. The molecule has 1 unspecified atom stereocenters. The summed E-state index contributed by atoms with van der Waals surface area (Å²) in [5.74, 6) is 0.343. The summed E-state index contributed by atoms with van der Waals surface area (Å²) in [5.41, 5.74) is 6.80. The van der Waals surface area contributed by atoms with Gasteiger partial charge in [0.25, 0.3) is 5.91 Å². The van der Waals surface area contributed by atoms with E-state index in [1.54, 1.807) is 17.0 Å². The van der Waals surface area contributed by atoms with Crippen molar-refractivity contribution < 1.29 is 28.6 Å². The number of carbonyl (C=O) groups is 3. The van der Waals surface area contributed by atoms with Crippen molar-refractivity contribution in [1.82, 2.24) is 4.90 Å². The zero-order valence-electron chi connectivity index (χ0n) is 17.1. The van der Waals surface area contributed by atoms with Crippen molar-refractivity contribution in [3.63, 3.8) is 0 Å². The molecule has 1 saturated heterocycles. The molecule has 0 spiro atoms. The van der Waals surface area contributed by atoms with Crippen molar-refractivity contribution in [3.05, 3.63) is 17.7 Å². The summed E-state index contributed by atoms with van der Waals surface area (Å²) < 4.78 is 16.2. The lowest BCUT2D eigenvalue weighted by atomic mass is 10.1. The summed E-state index contributed by atoms with van der Waals surface area (Å²) in [6.45, 7) is 2.60. The topological polar surface area (TPSA) is 108 Å². The molecule has 1 aromatic rings. The molecule has 0 bridgehead atoms. The number of hydrogen-bond acceptors (Lipinski definition) is 7. The van der Waals surface area contributed by atoms with E-state index in [0.717, 1.165) is 38.4 Å². The van der Waals surface area contributed by atoms with Crippen LogP contribution in [0.1, 0.15) is 55.8 Å². The van der Waals surface area contributed by atoms with Gasteiger partial charge in [0.1, 0.15) is 12.9 Å². The van der Waals surface area contributed by atoms with E-state index >= 15 is 0 Å². The zero-order valence-corrected chi connectivity index (χ0v) is 17.1. The van der Waals surface area contributed by atoms with Gasteiger partial charge in [-0.3, -0.25) is 9.59 Å². The van der Waals surface area contributed by atoms with E-state index in [0.29, 0.717) is 42.3 Å². The first kappa shape index (κ1) is 22.5. The van der Waals surface area contributed by atoms with Crippen LogP contribution in [0.2, 0.25) is 0 Å². The molecule has 8 heteroatoms. The molecule has 0 saturated carbocycles. The van der Waals surface area contributed by atoms with Crippen LogP contribution in [0.25, 0.3) is 0 Å². The second-order valence-electron chi connectivity index (χ2n) is 7.05. The van der Waals surface area contributed by atoms with Crippen molar-refractivity contribution in [3.8, 4) is 11.5 Å². The quantitative estimate of drug-likeness (QED) is 0.260. The van der Waals surface area contributed by atoms with Crippen LogP contribution in [0, 0.1) is 0 Å². The van der Waals surface area contributed by atoms with Crippen molar-refractivity contribution in [2.45, 2.75) is 51.5 Å². The van der Waals surface area contributed by atoms with Gasteiger partial charge >= 0.3 is 5.97 Å². The summed E-state index contributed by atoms with van der Waals surface area (Å²) in [6.07, 6.45) is 5.64. The Labute approximate surface area is 171 Å². The van der Waals surface area contributed by atoms with Crippen LogP contribution in [0.5, 0.6) is 11.5 Å². The number of benzene rings is 1. The van der Waals surface area contributed by atoms with Crippen molar-refractivity contribution >= 4 is 23.9 Å². The van der Waals surface area contributed by atoms with Gasteiger partial charge in [0.05, 0.1) is 25.3 Å². The highest BCUT2D eigenvalue weighted by atomic mass is 16.5. The molecule has 1 aliphatic heterocycles. The lowest BCUT2D eigenvalue weighted by Crippen LogP contribution is -2.39. The third kappa shape index (κ3) is 6.37. The lowest BCUT2D eigenvalue weighted by Gasteiger charge is -2.25. The number of aldehydes is 1. The first-order chi connectivity index (χ1) is 14.0. The van der Waals surface area contributed by atoms with E-state index in [4.69, 9.17) is 19.9 Å². The SMILES string of the molecule is COc1cc(C(=O)N2CCCC2COC(C)=O)c(N)cc1OCCCCCC=O. The maximum absolute atomic E-state index is 13.0. The van der Waals surface area contributed by atoms with E-state index in [2.05, 4.69) is 0 Å². The molecular weight excluding hydrogens is 376 g/mol. The maximum Gasteiger partial charge on any atom is 0.302 e. The number of unbranched alkanes of at least 4 members (excludes halogenated alkanes) is 3. The number of esters is 1. The number of carbonyl (C=O) groups excluding carboxylic acids is 3. The largest absolute Gasteiger partial charge is 0.493 e. The summed E-state index contributed by atoms with van der Waals surface area (Å²) >= 11 is 0. The Kier molecular flexibility index (Phi) is 8.76. The Balaban J connectivity index is 2.05. The van der Waals surface area contributed by atoms with E-state index < -0.39 is 0 Å². The highest BCUT2D eigenvalue weighted by Gasteiger charge is 2.31. The highest BCUT2D eigenvalue weighted by molar-refractivity contribution is 6.00. The molecule has 0 aromatic heterocycles. The van der Waals surface area contributed by atoms with Gasteiger partial charge in [0.15, 0.2) is 11.5 Å². The van der Waals surface area contributed by atoms with Crippen LogP contribution in [-0.2, 0) is 14.3 Å². The third-order valence-electron chi connectivity index (χ3n) is 4.91. The Morgan fingerprint density at radius 2 is 2.03 bits per heavy atom. The highest BCUT2D eigenvalue weighted by Crippen LogP contribution is 2.34. The minimum Gasteiger partial charge on any atom is -0.493 e. The van der Waals surface area contributed by atoms with Gasteiger partial charge in [0.2, 0.25) is 0 Å². The van der Waals surface area contributed by atoms with E-state index in [9.17, 15) is 14.4 Å². The fourth-order valence-electron chi connectivity index (χ4n) is 3.37. The third-order valence-corrected chi connectivity index (χ3v) is 4.91. The number of nitrogens with zero attached hydrogens (tertiary/aromatic N) is 1. The van der Waals surface area contributed by atoms with Crippen LogP contribution in [0.4, 0.5) is 5.69 Å². The standard InChI is InChI=1S/C21H30N2O6/c1-15(25)29-14-16-8-7-9-23(16)21(26)17-12-19(27-2)20(13-18(17)22)28-11-6-4-3-5-10-24/h10,12-13,16H,3-9,11,14,22H2,1-2H3. The summed E-state index contributed by atoms with van der Waals surface area (Å²) in [6, 6.07) is 3.05. The van der Waals surface area contributed by atoms with Gasteiger partial charge in [-0.25, -0.2) is 0 Å². The monoisotopic (exact) mass is 406 g/mol. The molecule has 160 valence electrons. The first-order valence-corrected chi connectivity index (χ1v) is 9.96. The molecule has 8 nitrogen and oxygen atoms in total. The minimum atomic E-state index is -0.363. The van der Waals surface area contributed by atoms with Gasteiger partial charge in [-0.1, -0.05) is 0 Å². The smallest absolute Gasteiger partial charge is 0.302 e.